The first-order valence-electron chi connectivity index (χ1n) is 4.45. The van der Waals surface area contributed by atoms with E-state index in [1.54, 1.807) is 13.0 Å². The zero-order valence-corrected chi connectivity index (χ0v) is 8.13. The lowest BCUT2D eigenvalue weighted by Gasteiger charge is -2.14. The van der Waals surface area contributed by atoms with Gasteiger partial charge in [0.2, 0.25) is 0 Å². The molecule has 0 bridgehead atoms. The van der Waals surface area contributed by atoms with Crippen molar-refractivity contribution in [1.82, 2.24) is 0 Å². The van der Waals surface area contributed by atoms with Crippen LogP contribution in [0.5, 0.6) is 0 Å². The molecule has 1 rings (SSSR count). The van der Waals surface area contributed by atoms with Gasteiger partial charge in [-0.3, -0.25) is 0 Å². The van der Waals surface area contributed by atoms with Gasteiger partial charge >= 0.3 is 0 Å². The molecule has 4 heteroatoms. The summed E-state index contributed by atoms with van der Waals surface area (Å²) in [6.45, 7) is 1.73. The van der Waals surface area contributed by atoms with Gasteiger partial charge in [-0.1, -0.05) is 6.07 Å². The van der Waals surface area contributed by atoms with E-state index in [9.17, 15) is 4.39 Å². The van der Waals surface area contributed by atoms with Crippen molar-refractivity contribution in [3.05, 3.63) is 34.6 Å². The Morgan fingerprint density at radius 2 is 2.14 bits per heavy atom. The standard InChI is InChI=1S/C10H15FN2O/c1-6-2-7(5-14)8(3-9(6)11)10(13)4-12/h2-3,10,14H,4-5,12-13H2,1H3/t10-/m0/s1. The minimum atomic E-state index is -0.424. The SMILES string of the molecule is Cc1cc(CO)c([C@@H](N)CN)cc1F. The molecule has 78 valence electrons. The van der Waals surface area contributed by atoms with Crippen molar-refractivity contribution in [3.63, 3.8) is 0 Å². The first kappa shape index (κ1) is 11.1. The Morgan fingerprint density at radius 1 is 1.50 bits per heavy atom. The normalized spacial score (nSPS) is 12.9. The molecule has 1 atom stereocenters. The van der Waals surface area contributed by atoms with Gasteiger partial charge in [0.15, 0.2) is 0 Å². The van der Waals surface area contributed by atoms with Crippen molar-refractivity contribution < 1.29 is 9.50 Å². The molecule has 0 unspecified atom stereocenters. The van der Waals surface area contributed by atoms with E-state index in [0.717, 1.165) is 0 Å². The van der Waals surface area contributed by atoms with Crippen molar-refractivity contribution in [2.24, 2.45) is 11.5 Å². The van der Waals surface area contributed by atoms with Gasteiger partial charge in [-0.05, 0) is 29.7 Å². The van der Waals surface area contributed by atoms with E-state index in [1.807, 2.05) is 0 Å². The molecule has 0 saturated heterocycles. The van der Waals surface area contributed by atoms with E-state index in [4.69, 9.17) is 16.6 Å². The lowest BCUT2D eigenvalue weighted by Crippen LogP contribution is -2.22. The molecule has 0 aliphatic carbocycles. The van der Waals surface area contributed by atoms with Crippen LogP contribution in [0.1, 0.15) is 22.7 Å². The zero-order chi connectivity index (χ0) is 10.7. The van der Waals surface area contributed by atoms with Crippen LogP contribution in [0.2, 0.25) is 0 Å². The topological polar surface area (TPSA) is 72.3 Å². The second kappa shape index (κ2) is 4.50. The van der Waals surface area contributed by atoms with Gasteiger partial charge < -0.3 is 16.6 Å². The number of aliphatic hydroxyl groups is 1. The highest BCUT2D eigenvalue weighted by Gasteiger charge is 2.12. The van der Waals surface area contributed by atoms with E-state index in [2.05, 4.69) is 0 Å². The molecule has 0 amide bonds. The van der Waals surface area contributed by atoms with Crippen molar-refractivity contribution in [2.75, 3.05) is 6.54 Å². The predicted molar refractivity (Wildman–Crippen MR) is 53.0 cm³/mol. The second-order valence-corrected chi connectivity index (χ2v) is 3.30. The number of aryl methyl sites for hydroxylation is 1. The number of hydrogen-bond acceptors (Lipinski definition) is 3. The van der Waals surface area contributed by atoms with Gasteiger partial charge in [0.05, 0.1) is 6.61 Å². The first-order chi connectivity index (χ1) is 6.60. The minimum absolute atomic E-state index is 0.149. The quantitative estimate of drug-likeness (QED) is 0.665. The maximum atomic E-state index is 13.2. The van der Waals surface area contributed by atoms with E-state index in [-0.39, 0.29) is 19.0 Å². The highest BCUT2D eigenvalue weighted by atomic mass is 19.1. The molecule has 0 aromatic heterocycles. The number of hydrogen-bond donors (Lipinski definition) is 3. The summed E-state index contributed by atoms with van der Waals surface area (Å²) in [4.78, 5) is 0. The predicted octanol–water partition coefficient (Wildman–Crippen LogP) is 0.585. The molecule has 0 aliphatic rings. The number of aliphatic hydroxyl groups excluding tert-OH is 1. The fraction of sp³-hybridized carbons (Fsp3) is 0.400. The lowest BCUT2D eigenvalue weighted by atomic mass is 9.99. The Hall–Kier alpha value is -0.970. The molecule has 0 fully saturated rings. The third-order valence-corrected chi connectivity index (χ3v) is 2.24. The van der Waals surface area contributed by atoms with Crippen molar-refractivity contribution in [3.8, 4) is 0 Å². The molecule has 0 radical (unpaired) electrons. The van der Waals surface area contributed by atoms with Crippen LogP contribution in [0, 0.1) is 12.7 Å². The van der Waals surface area contributed by atoms with Crippen LogP contribution in [0.4, 0.5) is 4.39 Å². The van der Waals surface area contributed by atoms with Crippen LogP contribution >= 0.6 is 0 Å². The van der Waals surface area contributed by atoms with E-state index >= 15 is 0 Å². The Kier molecular flexibility index (Phi) is 3.57. The highest BCUT2D eigenvalue weighted by molar-refractivity contribution is 5.34. The average Bonchev–Trinajstić information content (AvgIpc) is 2.20. The minimum Gasteiger partial charge on any atom is -0.392 e. The number of rotatable bonds is 3. The van der Waals surface area contributed by atoms with Crippen molar-refractivity contribution >= 4 is 0 Å². The van der Waals surface area contributed by atoms with Crippen LogP contribution < -0.4 is 11.5 Å². The molecule has 0 spiro atoms. The van der Waals surface area contributed by atoms with Crippen molar-refractivity contribution in [2.45, 2.75) is 19.6 Å². The molecule has 0 heterocycles. The molecule has 1 aromatic rings. The van der Waals surface area contributed by atoms with Gasteiger partial charge in [0, 0.05) is 12.6 Å². The summed E-state index contributed by atoms with van der Waals surface area (Å²) in [5.41, 5.74) is 12.8. The van der Waals surface area contributed by atoms with E-state index in [0.29, 0.717) is 16.7 Å². The number of benzene rings is 1. The fourth-order valence-electron chi connectivity index (χ4n) is 1.37. The Labute approximate surface area is 82.5 Å². The van der Waals surface area contributed by atoms with Gasteiger partial charge in [-0.15, -0.1) is 0 Å². The van der Waals surface area contributed by atoms with Crippen LogP contribution in [-0.4, -0.2) is 11.7 Å². The monoisotopic (exact) mass is 198 g/mol. The number of nitrogens with two attached hydrogens (primary N) is 2. The molecular weight excluding hydrogens is 183 g/mol. The largest absolute Gasteiger partial charge is 0.392 e. The molecule has 14 heavy (non-hydrogen) atoms. The lowest BCUT2D eigenvalue weighted by molar-refractivity contribution is 0.279. The van der Waals surface area contributed by atoms with Gasteiger partial charge in [0.25, 0.3) is 0 Å². The Balaban J connectivity index is 3.19. The summed E-state index contributed by atoms with van der Waals surface area (Å²) in [6, 6.07) is 2.52. The van der Waals surface area contributed by atoms with Crippen LogP contribution in [0.15, 0.2) is 12.1 Å². The highest BCUT2D eigenvalue weighted by Crippen LogP contribution is 2.20. The first-order valence-corrected chi connectivity index (χ1v) is 4.45. The summed E-state index contributed by atoms with van der Waals surface area (Å²) in [6.07, 6.45) is 0. The third kappa shape index (κ3) is 2.09. The summed E-state index contributed by atoms with van der Waals surface area (Å²) < 4.78 is 13.2. The molecule has 5 N–H and O–H groups in total. The fourth-order valence-corrected chi connectivity index (χ4v) is 1.37. The Bertz CT molecular complexity index is 328. The molecule has 3 nitrogen and oxygen atoms in total. The molecule has 0 saturated carbocycles. The summed E-state index contributed by atoms with van der Waals surface area (Å²) in [5, 5.41) is 9.06. The summed E-state index contributed by atoms with van der Waals surface area (Å²) in [5.74, 6) is -0.318. The molecule has 1 aromatic carbocycles. The molecule has 0 aliphatic heterocycles. The van der Waals surface area contributed by atoms with Gasteiger partial charge in [-0.25, -0.2) is 4.39 Å². The smallest absolute Gasteiger partial charge is 0.126 e. The zero-order valence-electron chi connectivity index (χ0n) is 8.13. The summed E-state index contributed by atoms with van der Waals surface area (Å²) >= 11 is 0. The maximum absolute atomic E-state index is 13.2. The van der Waals surface area contributed by atoms with Gasteiger partial charge in [-0.2, -0.15) is 0 Å². The Morgan fingerprint density at radius 3 is 2.64 bits per heavy atom. The average molecular weight is 198 g/mol. The molecular formula is C10H15FN2O. The van der Waals surface area contributed by atoms with Crippen LogP contribution in [0.25, 0.3) is 0 Å². The van der Waals surface area contributed by atoms with Crippen LogP contribution in [0.3, 0.4) is 0 Å². The number of halogens is 1. The van der Waals surface area contributed by atoms with Crippen molar-refractivity contribution in [1.29, 1.82) is 0 Å². The van der Waals surface area contributed by atoms with E-state index < -0.39 is 6.04 Å². The van der Waals surface area contributed by atoms with Gasteiger partial charge in [0.1, 0.15) is 5.82 Å². The summed E-state index contributed by atoms with van der Waals surface area (Å²) in [7, 11) is 0. The second-order valence-electron chi connectivity index (χ2n) is 3.30. The maximum Gasteiger partial charge on any atom is 0.126 e. The van der Waals surface area contributed by atoms with Crippen LogP contribution in [-0.2, 0) is 6.61 Å². The van der Waals surface area contributed by atoms with E-state index in [1.165, 1.54) is 6.07 Å². The third-order valence-electron chi connectivity index (χ3n) is 2.24.